The van der Waals surface area contributed by atoms with Gasteiger partial charge in [-0.3, -0.25) is 0 Å². The van der Waals surface area contributed by atoms with Gasteiger partial charge in [-0.05, 0) is 32.1 Å². The maximum atomic E-state index is 2.36. The molecule has 1 aliphatic rings. The lowest BCUT2D eigenvalue weighted by atomic mass is 10.1. The minimum absolute atomic E-state index is 1.21. The molecule has 0 aliphatic heterocycles. The second-order valence-corrected chi connectivity index (χ2v) is 2.30. The van der Waals surface area contributed by atoms with Crippen molar-refractivity contribution in [3.63, 3.8) is 0 Å². The summed E-state index contributed by atoms with van der Waals surface area (Å²) in [6.45, 7) is 0. The highest BCUT2D eigenvalue weighted by molar-refractivity contribution is 5.03. The van der Waals surface area contributed by atoms with E-state index in [1.54, 1.807) is 0 Å². The largest absolute Gasteiger partial charge is 0.0845 e. The molecule has 9 heavy (non-hydrogen) atoms. The zero-order valence-corrected chi connectivity index (χ0v) is 5.72. The summed E-state index contributed by atoms with van der Waals surface area (Å²) in [5.74, 6) is 0. The van der Waals surface area contributed by atoms with Gasteiger partial charge in [0, 0.05) is 0 Å². The summed E-state index contributed by atoms with van der Waals surface area (Å²) in [6, 6.07) is 0. The Bertz CT molecular complexity index is 95.2. The van der Waals surface area contributed by atoms with Crippen LogP contribution < -0.4 is 0 Å². The molecule has 0 bridgehead atoms. The smallest absolute Gasteiger partial charge is 0.0345 e. The fourth-order valence-corrected chi connectivity index (χ4v) is 0.922. The van der Waals surface area contributed by atoms with E-state index in [0.717, 1.165) is 0 Å². The van der Waals surface area contributed by atoms with Crippen LogP contribution in [-0.2, 0) is 0 Å². The maximum Gasteiger partial charge on any atom is -0.0345 e. The van der Waals surface area contributed by atoms with E-state index >= 15 is 0 Å². The van der Waals surface area contributed by atoms with Crippen molar-refractivity contribution < 1.29 is 0 Å². The second kappa shape index (κ2) is 4.37. The van der Waals surface area contributed by atoms with Crippen LogP contribution in [-0.4, -0.2) is 0 Å². The number of hydrogen-bond acceptors (Lipinski definition) is 0. The molecule has 0 saturated carbocycles. The Hall–Kier alpha value is -0.520. The van der Waals surface area contributed by atoms with Gasteiger partial charge in [-0.25, -0.2) is 0 Å². The first kappa shape index (κ1) is 6.60. The van der Waals surface area contributed by atoms with Crippen LogP contribution in [0.1, 0.15) is 25.7 Å². The molecule has 0 spiro atoms. The average Bonchev–Trinajstić information content (AvgIpc) is 2.00. The van der Waals surface area contributed by atoms with E-state index in [2.05, 4.69) is 30.7 Å². The minimum Gasteiger partial charge on any atom is -0.0845 e. The van der Waals surface area contributed by atoms with Crippen molar-refractivity contribution in [2.45, 2.75) is 25.7 Å². The molecule has 0 fully saturated rings. The Morgan fingerprint density at radius 2 is 1.22 bits per heavy atom. The van der Waals surface area contributed by atoms with E-state index in [1.165, 1.54) is 25.7 Å². The van der Waals surface area contributed by atoms with Gasteiger partial charge in [-0.15, -0.1) is 0 Å². The molecule has 0 nitrogen and oxygen atoms in total. The average molecular weight is 121 g/mol. The molecule has 1 radical (unpaired) electrons. The van der Waals surface area contributed by atoms with Gasteiger partial charge < -0.3 is 0 Å². The Morgan fingerprint density at radius 3 is 1.78 bits per heavy atom. The zero-order chi connectivity index (χ0) is 6.36. The summed E-state index contributed by atoms with van der Waals surface area (Å²) in [6.07, 6.45) is 16.0. The fraction of sp³-hybridized carbons (Fsp3) is 0.444. The maximum absolute atomic E-state index is 2.36. The third kappa shape index (κ3) is 3.12. The van der Waals surface area contributed by atoms with Crippen LogP contribution in [0.4, 0.5) is 0 Å². The highest BCUT2D eigenvalue weighted by Crippen LogP contribution is 2.05. The van der Waals surface area contributed by atoms with Crippen molar-refractivity contribution in [2.75, 3.05) is 0 Å². The molecule has 0 aromatic rings. The molecule has 0 heteroatoms. The normalized spacial score (nSPS) is 27.6. The Labute approximate surface area is 57.3 Å². The first-order valence-electron chi connectivity index (χ1n) is 3.63. The molecule has 0 unspecified atom stereocenters. The molecule has 0 heterocycles. The summed E-state index contributed by atoms with van der Waals surface area (Å²) >= 11 is 0. The molecular weight excluding hydrogens is 108 g/mol. The van der Waals surface area contributed by atoms with E-state index in [4.69, 9.17) is 0 Å². The molecular formula is C9H13. The number of hydrogen-bond donors (Lipinski definition) is 0. The Kier molecular flexibility index (Phi) is 3.20. The highest BCUT2D eigenvalue weighted by atomic mass is 13.9. The van der Waals surface area contributed by atoms with Gasteiger partial charge in [-0.1, -0.05) is 24.3 Å². The van der Waals surface area contributed by atoms with Crippen LogP contribution in [0.25, 0.3) is 0 Å². The Balaban J connectivity index is 2.28. The van der Waals surface area contributed by atoms with Crippen molar-refractivity contribution >= 4 is 0 Å². The van der Waals surface area contributed by atoms with E-state index in [0.29, 0.717) is 0 Å². The molecule has 49 valence electrons. The predicted octanol–water partition coefficient (Wildman–Crippen LogP) is 2.88. The van der Waals surface area contributed by atoms with E-state index in [9.17, 15) is 0 Å². The molecule has 0 aromatic carbocycles. The first-order chi connectivity index (χ1) is 4.50. The molecule has 0 amide bonds. The van der Waals surface area contributed by atoms with Crippen LogP contribution in [0.2, 0.25) is 0 Å². The van der Waals surface area contributed by atoms with Gasteiger partial charge in [0.05, 0.1) is 0 Å². The second-order valence-electron chi connectivity index (χ2n) is 2.30. The van der Waals surface area contributed by atoms with Crippen molar-refractivity contribution in [2.24, 2.45) is 0 Å². The standard InChI is InChI=1S/C9H13/c1-2-4-6-8-9-7-5-3-1/h1-4,9H,5-8H2/b3-1-,4-2-. The van der Waals surface area contributed by atoms with Gasteiger partial charge in [0.1, 0.15) is 0 Å². The minimum atomic E-state index is 1.21. The lowest BCUT2D eigenvalue weighted by Crippen LogP contribution is -1.73. The third-order valence-electron chi connectivity index (χ3n) is 1.46. The van der Waals surface area contributed by atoms with Crippen molar-refractivity contribution in [3.8, 4) is 0 Å². The number of rotatable bonds is 0. The lowest BCUT2D eigenvalue weighted by molar-refractivity contribution is 0.861. The van der Waals surface area contributed by atoms with Crippen LogP contribution in [0, 0.1) is 6.42 Å². The monoisotopic (exact) mass is 121 g/mol. The molecule has 1 rings (SSSR count). The van der Waals surface area contributed by atoms with Crippen LogP contribution in [0.5, 0.6) is 0 Å². The van der Waals surface area contributed by atoms with E-state index < -0.39 is 0 Å². The van der Waals surface area contributed by atoms with Gasteiger partial charge in [0.25, 0.3) is 0 Å². The van der Waals surface area contributed by atoms with Crippen LogP contribution >= 0.6 is 0 Å². The van der Waals surface area contributed by atoms with Gasteiger partial charge in [0.15, 0.2) is 0 Å². The van der Waals surface area contributed by atoms with Crippen molar-refractivity contribution in [1.82, 2.24) is 0 Å². The van der Waals surface area contributed by atoms with Crippen LogP contribution in [0.3, 0.4) is 0 Å². The highest BCUT2D eigenvalue weighted by Gasteiger charge is 1.86. The lowest BCUT2D eigenvalue weighted by Gasteiger charge is -1.91. The fourth-order valence-electron chi connectivity index (χ4n) is 0.922. The zero-order valence-electron chi connectivity index (χ0n) is 5.72. The van der Waals surface area contributed by atoms with Crippen molar-refractivity contribution in [3.05, 3.63) is 30.7 Å². The quantitative estimate of drug-likeness (QED) is 0.462. The van der Waals surface area contributed by atoms with Gasteiger partial charge >= 0.3 is 0 Å². The summed E-state index contributed by atoms with van der Waals surface area (Å²) in [4.78, 5) is 0. The molecule has 1 aliphatic carbocycles. The predicted molar refractivity (Wildman–Crippen MR) is 41.0 cm³/mol. The topological polar surface area (TPSA) is 0 Å². The van der Waals surface area contributed by atoms with E-state index in [1.807, 2.05) is 0 Å². The number of allylic oxidation sites excluding steroid dienone is 4. The van der Waals surface area contributed by atoms with Crippen molar-refractivity contribution in [1.29, 1.82) is 0 Å². The summed E-state index contributed by atoms with van der Waals surface area (Å²) in [5.41, 5.74) is 0. The van der Waals surface area contributed by atoms with Gasteiger partial charge in [0.2, 0.25) is 0 Å². The van der Waals surface area contributed by atoms with Gasteiger partial charge in [-0.2, -0.15) is 0 Å². The molecule has 0 aromatic heterocycles. The SMILES string of the molecule is [CH]1CC/C=C\C=C/CC1. The molecule has 0 atom stereocenters. The summed E-state index contributed by atoms with van der Waals surface area (Å²) < 4.78 is 0. The van der Waals surface area contributed by atoms with E-state index in [-0.39, 0.29) is 0 Å². The summed E-state index contributed by atoms with van der Waals surface area (Å²) in [7, 11) is 0. The Morgan fingerprint density at radius 1 is 0.667 bits per heavy atom. The third-order valence-corrected chi connectivity index (χ3v) is 1.46. The molecule has 0 saturated heterocycles. The van der Waals surface area contributed by atoms with Crippen LogP contribution in [0.15, 0.2) is 24.3 Å². The molecule has 0 N–H and O–H groups in total. The summed E-state index contributed by atoms with van der Waals surface area (Å²) in [5, 5.41) is 0. The first-order valence-corrected chi connectivity index (χ1v) is 3.63.